The second kappa shape index (κ2) is 6.89. The zero-order valence-corrected chi connectivity index (χ0v) is 15.3. The van der Waals surface area contributed by atoms with Gasteiger partial charge >= 0.3 is 5.69 Å². The van der Waals surface area contributed by atoms with Crippen molar-refractivity contribution in [2.75, 3.05) is 0 Å². The van der Waals surface area contributed by atoms with Gasteiger partial charge in [0.1, 0.15) is 0 Å². The summed E-state index contributed by atoms with van der Waals surface area (Å²) >= 11 is 0. The minimum atomic E-state index is -3.46. The van der Waals surface area contributed by atoms with Crippen LogP contribution in [-0.4, -0.2) is 18.0 Å². The zero-order valence-electron chi connectivity index (χ0n) is 14.5. The van der Waals surface area contributed by atoms with E-state index in [0.29, 0.717) is 17.0 Å². The number of benzene rings is 3. The molecule has 6 heteroatoms. The van der Waals surface area contributed by atoms with E-state index < -0.39 is 9.84 Å². The fourth-order valence-corrected chi connectivity index (χ4v) is 4.63. The van der Waals surface area contributed by atoms with Gasteiger partial charge in [0.05, 0.1) is 28.2 Å². The number of nitrogens with one attached hydrogen (secondary N) is 1. The number of para-hydroxylation sites is 2. The van der Waals surface area contributed by atoms with Gasteiger partial charge in [-0.3, -0.25) is 4.57 Å². The molecule has 0 atom stereocenters. The Morgan fingerprint density at radius 2 is 1.41 bits per heavy atom. The van der Waals surface area contributed by atoms with E-state index in [2.05, 4.69) is 4.98 Å². The van der Waals surface area contributed by atoms with Crippen molar-refractivity contribution in [1.29, 1.82) is 0 Å². The highest BCUT2D eigenvalue weighted by atomic mass is 32.2. The van der Waals surface area contributed by atoms with Gasteiger partial charge < -0.3 is 4.98 Å². The van der Waals surface area contributed by atoms with Crippen molar-refractivity contribution in [3.05, 3.63) is 100 Å². The summed E-state index contributed by atoms with van der Waals surface area (Å²) in [6.07, 6.45) is 0. The van der Waals surface area contributed by atoms with Gasteiger partial charge in [-0.2, -0.15) is 0 Å². The quantitative estimate of drug-likeness (QED) is 0.579. The van der Waals surface area contributed by atoms with E-state index >= 15 is 0 Å². The molecular weight excluding hydrogens is 360 g/mol. The number of aromatic nitrogens is 2. The Morgan fingerprint density at radius 3 is 2.19 bits per heavy atom. The molecule has 5 nitrogen and oxygen atoms in total. The van der Waals surface area contributed by atoms with Crippen LogP contribution in [0.1, 0.15) is 11.1 Å². The highest BCUT2D eigenvalue weighted by Crippen LogP contribution is 2.20. The number of hydrogen-bond acceptors (Lipinski definition) is 3. The molecule has 0 aliphatic carbocycles. The molecule has 1 aromatic heterocycles. The van der Waals surface area contributed by atoms with Crippen LogP contribution >= 0.6 is 0 Å². The summed E-state index contributed by atoms with van der Waals surface area (Å²) in [6.45, 7) is 0.309. The lowest BCUT2D eigenvalue weighted by atomic mass is 10.1. The van der Waals surface area contributed by atoms with E-state index in [1.54, 1.807) is 41.0 Å². The third-order valence-electron chi connectivity index (χ3n) is 4.58. The molecule has 0 spiro atoms. The Kier molecular flexibility index (Phi) is 4.41. The second-order valence-corrected chi connectivity index (χ2v) is 8.36. The second-order valence-electron chi connectivity index (χ2n) is 6.37. The lowest BCUT2D eigenvalue weighted by molar-refractivity contribution is 0.595. The molecule has 0 unspecified atom stereocenters. The van der Waals surface area contributed by atoms with Gasteiger partial charge in [0.2, 0.25) is 0 Å². The van der Waals surface area contributed by atoms with E-state index in [0.717, 1.165) is 16.6 Å². The number of sulfone groups is 1. The van der Waals surface area contributed by atoms with Crippen molar-refractivity contribution in [3.63, 3.8) is 0 Å². The van der Waals surface area contributed by atoms with Crippen LogP contribution in [0, 0.1) is 0 Å². The first-order valence-electron chi connectivity index (χ1n) is 8.57. The predicted molar refractivity (Wildman–Crippen MR) is 105 cm³/mol. The zero-order chi connectivity index (χ0) is 18.9. The maximum atomic E-state index is 12.8. The smallest absolute Gasteiger partial charge is 0.306 e. The lowest BCUT2D eigenvalue weighted by Crippen LogP contribution is -2.18. The van der Waals surface area contributed by atoms with Gasteiger partial charge in [0, 0.05) is 0 Å². The SMILES string of the molecule is O=c1[nH]c2ccccc2n1Cc1ccccc1CS(=O)(=O)c1ccccc1. The maximum absolute atomic E-state index is 12.8. The molecule has 0 radical (unpaired) electrons. The maximum Gasteiger partial charge on any atom is 0.326 e. The Bertz CT molecular complexity index is 1260. The first kappa shape index (κ1) is 17.3. The Balaban J connectivity index is 1.72. The van der Waals surface area contributed by atoms with Gasteiger partial charge in [-0.25, -0.2) is 13.2 Å². The van der Waals surface area contributed by atoms with Crippen LogP contribution < -0.4 is 5.69 Å². The molecule has 3 aromatic carbocycles. The Morgan fingerprint density at radius 1 is 0.778 bits per heavy atom. The number of aromatic amines is 1. The van der Waals surface area contributed by atoms with Crippen molar-refractivity contribution in [2.24, 2.45) is 0 Å². The number of nitrogens with zero attached hydrogens (tertiary/aromatic N) is 1. The molecule has 1 N–H and O–H groups in total. The van der Waals surface area contributed by atoms with Gasteiger partial charge in [-0.05, 0) is 35.4 Å². The topological polar surface area (TPSA) is 71.9 Å². The molecule has 0 saturated heterocycles. The van der Waals surface area contributed by atoms with Gasteiger partial charge in [-0.1, -0.05) is 54.6 Å². The first-order valence-corrected chi connectivity index (χ1v) is 10.2. The molecule has 0 aliphatic rings. The molecule has 27 heavy (non-hydrogen) atoms. The van der Waals surface area contributed by atoms with Crippen molar-refractivity contribution in [2.45, 2.75) is 17.2 Å². The number of fused-ring (bicyclic) bond motifs is 1. The average molecular weight is 378 g/mol. The van der Waals surface area contributed by atoms with Gasteiger partial charge in [0.15, 0.2) is 9.84 Å². The van der Waals surface area contributed by atoms with Gasteiger partial charge in [-0.15, -0.1) is 0 Å². The van der Waals surface area contributed by atoms with Crippen LogP contribution in [0.4, 0.5) is 0 Å². The van der Waals surface area contributed by atoms with Crippen molar-refractivity contribution in [3.8, 4) is 0 Å². The highest BCUT2D eigenvalue weighted by Gasteiger charge is 2.17. The van der Waals surface area contributed by atoms with E-state index in [1.807, 2.05) is 42.5 Å². The Hall–Kier alpha value is -3.12. The molecule has 0 saturated carbocycles. The van der Waals surface area contributed by atoms with Crippen LogP contribution in [-0.2, 0) is 22.1 Å². The summed E-state index contributed by atoms with van der Waals surface area (Å²) < 4.78 is 27.1. The fraction of sp³-hybridized carbons (Fsp3) is 0.0952. The molecule has 4 aromatic rings. The molecular formula is C21H18N2O3S. The summed E-state index contributed by atoms with van der Waals surface area (Å²) in [5.74, 6) is -0.107. The summed E-state index contributed by atoms with van der Waals surface area (Å²) in [6, 6.07) is 23.2. The van der Waals surface area contributed by atoms with Crippen LogP contribution in [0.3, 0.4) is 0 Å². The van der Waals surface area contributed by atoms with E-state index in [9.17, 15) is 13.2 Å². The minimum absolute atomic E-state index is 0.107. The molecule has 0 bridgehead atoms. The molecule has 1 heterocycles. The number of imidazole rings is 1. The van der Waals surface area contributed by atoms with Crippen molar-refractivity contribution < 1.29 is 8.42 Å². The first-order chi connectivity index (χ1) is 13.0. The van der Waals surface area contributed by atoms with E-state index in [-0.39, 0.29) is 11.4 Å². The monoisotopic (exact) mass is 378 g/mol. The molecule has 136 valence electrons. The number of rotatable bonds is 5. The normalized spacial score (nSPS) is 11.7. The number of hydrogen-bond donors (Lipinski definition) is 1. The van der Waals surface area contributed by atoms with Gasteiger partial charge in [0.25, 0.3) is 0 Å². The predicted octanol–water partition coefficient (Wildman–Crippen LogP) is 3.35. The highest BCUT2D eigenvalue weighted by molar-refractivity contribution is 7.90. The number of H-pyrrole nitrogens is 1. The van der Waals surface area contributed by atoms with Crippen molar-refractivity contribution in [1.82, 2.24) is 9.55 Å². The largest absolute Gasteiger partial charge is 0.326 e. The van der Waals surface area contributed by atoms with Crippen LogP contribution in [0.5, 0.6) is 0 Å². The summed E-state index contributed by atoms with van der Waals surface area (Å²) in [5.41, 5.74) is 2.85. The van der Waals surface area contributed by atoms with Crippen LogP contribution in [0.2, 0.25) is 0 Å². The Labute approximate surface area is 156 Å². The lowest BCUT2D eigenvalue weighted by Gasteiger charge is -2.11. The van der Waals surface area contributed by atoms with E-state index in [1.165, 1.54) is 0 Å². The minimum Gasteiger partial charge on any atom is -0.306 e. The van der Waals surface area contributed by atoms with E-state index in [4.69, 9.17) is 0 Å². The summed E-state index contributed by atoms with van der Waals surface area (Å²) in [4.78, 5) is 15.5. The summed E-state index contributed by atoms with van der Waals surface area (Å²) in [5, 5.41) is 0. The standard InChI is InChI=1S/C21H18N2O3S/c24-21-22-19-12-6-7-13-20(19)23(21)14-16-8-4-5-9-17(16)15-27(25,26)18-10-2-1-3-11-18/h1-13H,14-15H2,(H,22,24). The molecule has 0 aliphatic heterocycles. The fourth-order valence-electron chi connectivity index (χ4n) is 3.20. The van der Waals surface area contributed by atoms with Crippen LogP contribution in [0.25, 0.3) is 11.0 Å². The average Bonchev–Trinajstić information content (AvgIpc) is 2.99. The molecule has 4 rings (SSSR count). The summed E-state index contributed by atoms with van der Waals surface area (Å²) in [7, 11) is -3.46. The molecule has 0 fully saturated rings. The molecule has 0 amide bonds. The van der Waals surface area contributed by atoms with Crippen LogP contribution in [0.15, 0.2) is 88.6 Å². The van der Waals surface area contributed by atoms with Crippen molar-refractivity contribution >= 4 is 20.9 Å². The third-order valence-corrected chi connectivity index (χ3v) is 6.26. The third kappa shape index (κ3) is 3.44.